The summed E-state index contributed by atoms with van der Waals surface area (Å²) in [5, 5.41) is 12.6. The molecule has 0 saturated heterocycles. The predicted octanol–water partition coefficient (Wildman–Crippen LogP) is 4.24. The van der Waals surface area contributed by atoms with Crippen LogP contribution in [0.1, 0.15) is 22.9 Å². The van der Waals surface area contributed by atoms with Gasteiger partial charge in [-0.3, -0.25) is 0 Å². The molecule has 3 rings (SSSR count). The third kappa shape index (κ3) is 3.93. The standard InChI is InChI=1S/C21H22N4O/c1-15-9-11-16(12-10-15)19(25(2)3)14-23-21-18(13-22)24-20(26-21)17-7-5-4-6-8-17/h4-12,19,23H,14H2,1-3H3/t19-/m1/s1. The summed E-state index contributed by atoms with van der Waals surface area (Å²) in [4.78, 5) is 6.44. The number of nitrogens with zero attached hydrogens (tertiary/aromatic N) is 3. The number of aromatic nitrogens is 1. The molecule has 0 amide bonds. The van der Waals surface area contributed by atoms with E-state index in [0.29, 0.717) is 18.3 Å². The summed E-state index contributed by atoms with van der Waals surface area (Å²) in [5.74, 6) is 0.853. The van der Waals surface area contributed by atoms with Crippen molar-refractivity contribution in [3.63, 3.8) is 0 Å². The Morgan fingerprint density at radius 3 is 2.42 bits per heavy atom. The molecule has 1 atom stereocenters. The maximum Gasteiger partial charge on any atom is 0.232 e. The van der Waals surface area contributed by atoms with Gasteiger partial charge in [0.2, 0.25) is 17.5 Å². The lowest BCUT2D eigenvalue weighted by Crippen LogP contribution is -2.26. The highest BCUT2D eigenvalue weighted by molar-refractivity contribution is 5.58. The maximum atomic E-state index is 9.38. The lowest BCUT2D eigenvalue weighted by atomic mass is 10.0. The zero-order valence-electron chi connectivity index (χ0n) is 15.2. The summed E-state index contributed by atoms with van der Waals surface area (Å²) in [5.41, 5.74) is 3.55. The lowest BCUT2D eigenvalue weighted by Gasteiger charge is -2.25. The van der Waals surface area contributed by atoms with Gasteiger partial charge in [-0.15, -0.1) is 0 Å². The molecule has 0 bridgehead atoms. The number of nitrogens with one attached hydrogen (secondary N) is 1. The summed E-state index contributed by atoms with van der Waals surface area (Å²) in [6, 6.07) is 20.3. The number of hydrogen-bond donors (Lipinski definition) is 1. The molecule has 26 heavy (non-hydrogen) atoms. The van der Waals surface area contributed by atoms with Gasteiger partial charge in [-0.1, -0.05) is 48.0 Å². The van der Waals surface area contributed by atoms with E-state index in [1.54, 1.807) is 0 Å². The van der Waals surface area contributed by atoms with Crippen LogP contribution in [0.5, 0.6) is 0 Å². The van der Waals surface area contributed by atoms with Gasteiger partial charge >= 0.3 is 0 Å². The first-order chi connectivity index (χ1) is 12.6. The Balaban J connectivity index is 1.80. The smallest absolute Gasteiger partial charge is 0.232 e. The van der Waals surface area contributed by atoms with Crippen LogP contribution in [0.25, 0.3) is 11.5 Å². The molecule has 5 heteroatoms. The summed E-state index contributed by atoms with van der Waals surface area (Å²) < 4.78 is 5.81. The van der Waals surface area contributed by atoms with Gasteiger partial charge < -0.3 is 14.6 Å². The van der Waals surface area contributed by atoms with Crippen molar-refractivity contribution < 1.29 is 4.42 Å². The second-order valence-corrected chi connectivity index (χ2v) is 6.45. The fourth-order valence-corrected chi connectivity index (χ4v) is 2.80. The van der Waals surface area contributed by atoms with Gasteiger partial charge in [0.25, 0.3) is 0 Å². The largest absolute Gasteiger partial charge is 0.419 e. The molecule has 0 saturated carbocycles. The molecule has 2 aromatic carbocycles. The first-order valence-electron chi connectivity index (χ1n) is 8.51. The molecule has 5 nitrogen and oxygen atoms in total. The minimum atomic E-state index is 0.146. The van der Waals surface area contributed by atoms with Crippen molar-refractivity contribution in [1.29, 1.82) is 5.26 Å². The number of aryl methyl sites for hydroxylation is 1. The zero-order valence-corrected chi connectivity index (χ0v) is 15.2. The Hall–Kier alpha value is -3.10. The van der Waals surface area contributed by atoms with Crippen LogP contribution in [0, 0.1) is 18.3 Å². The van der Waals surface area contributed by atoms with Crippen LogP contribution in [0.4, 0.5) is 5.88 Å². The van der Waals surface area contributed by atoms with Crippen molar-refractivity contribution in [2.75, 3.05) is 26.0 Å². The fourth-order valence-electron chi connectivity index (χ4n) is 2.80. The van der Waals surface area contributed by atoms with Gasteiger partial charge in [0, 0.05) is 12.1 Å². The second-order valence-electron chi connectivity index (χ2n) is 6.45. The van der Waals surface area contributed by atoms with Crippen molar-refractivity contribution in [3.05, 3.63) is 71.4 Å². The monoisotopic (exact) mass is 346 g/mol. The summed E-state index contributed by atoms with van der Waals surface area (Å²) in [6.45, 7) is 2.68. The van der Waals surface area contributed by atoms with Gasteiger partial charge in [0.05, 0.1) is 6.04 Å². The van der Waals surface area contributed by atoms with Crippen molar-refractivity contribution in [2.45, 2.75) is 13.0 Å². The van der Waals surface area contributed by atoms with Crippen molar-refractivity contribution in [3.8, 4) is 17.5 Å². The fraction of sp³-hybridized carbons (Fsp3) is 0.238. The molecule has 132 valence electrons. The van der Waals surface area contributed by atoms with Gasteiger partial charge in [0.1, 0.15) is 6.07 Å². The van der Waals surface area contributed by atoms with Crippen LogP contribution in [0.3, 0.4) is 0 Å². The minimum Gasteiger partial charge on any atom is -0.419 e. The normalized spacial score (nSPS) is 12.0. The number of oxazole rings is 1. The topological polar surface area (TPSA) is 65.1 Å². The van der Waals surface area contributed by atoms with Crippen LogP contribution < -0.4 is 5.32 Å². The summed E-state index contributed by atoms with van der Waals surface area (Å²) in [6.07, 6.45) is 0. The van der Waals surface area contributed by atoms with E-state index in [4.69, 9.17) is 4.42 Å². The molecule has 1 heterocycles. The van der Waals surface area contributed by atoms with Crippen LogP contribution in [-0.4, -0.2) is 30.5 Å². The number of hydrogen-bond acceptors (Lipinski definition) is 5. The van der Waals surface area contributed by atoms with E-state index in [9.17, 15) is 5.26 Å². The highest BCUT2D eigenvalue weighted by Gasteiger charge is 2.18. The molecule has 0 aliphatic heterocycles. The Bertz CT molecular complexity index is 892. The quantitative estimate of drug-likeness (QED) is 0.723. The van der Waals surface area contributed by atoms with E-state index in [1.165, 1.54) is 11.1 Å². The Labute approximate surface area is 153 Å². The van der Waals surface area contributed by atoms with Gasteiger partial charge in [-0.2, -0.15) is 10.2 Å². The van der Waals surface area contributed by atoms with Crippen LogP contribution in [0.2, 0.25) is 0 Å². The third-order valence-corrected chi connectivity index (χ3v) is 4.30. The average molecular weight is 346 g/mol. The SMILES string of the molecule is Cc1ccc([C@@H](CNc2oc(-c3ccccc3)nc2C#N)N(C)C)cc1. The molecule has 0 unspecified atom stereocenters. The highest BCUT2D eigenvalue weighted by atomic mass is 16.4. The molecule has 0 aliphatic carbocycles. The van der Waals surface area contributed by atoms with E-state index in [1.807, 2.05) is 44.4 Å². The zero-order chi connectivity index (χ0) is 18.5. The predicted molar refractivity (Wildman–Crippen MR) is 103 cm³/mol. The molecule has 0 fully saturated rings. The maximum absolute atomic E-state index is 9.38. The molecule has 1 N–H and O–H groups in total. The van der Waals surface area contributed by atoms with Gasteiger partial charge in [0.15, 0.2) is 0 Å². The number of likely N-dealkylation sites (N-methyl/N-ethyl adjacent to an activating group) is 1. The van der Waals surface area contributed by atoms with E-state index < -0.39 is 0 Å². The van der Waals surface area contributed by atoms with Crippen LogP contribution in [-0.2, 0) is 0 Å². The Morgan fingerprint density at radius 1 is 1.12 bits per heavy atom. The molecular weight excluding hydrogens is 324 g/mol. The van der Waals surface area contributed by atoms with Gasteiger partial charge in [-0.05, 0) is 38.7 Å². The number of anilines is 1. The molecule has 1 aromatic heterocycles. The summed E-state index contributed by atoms with van der Waals surface area (Å²) in [7, 11) is 4.07. The summed E-state index contributed by atoms with van der Waals surface area (Å²) >= 11 is 0. The van der Waals surface area contributed by atoms with E-state index >= 15 is 0 Å². The van der Waals surface area contributed by atoms with E-state index in [2.05, 4.69) is 52.5 Å². The highest BCUT2D eigenvalue weighted by Crippen LogP contribution is 2.26. The number of benzene rings is 2. The minimum absolute atomic E-state index is 0.146. The first-order valence-corrected chi connectivity index (χ1v) is 8.51. The van der Waals surface area contributed by atoms with Crippen LogP contribution in [0.15, 0.2) is 59.0 Å². The van der Waals surface area contributed by atoms with Crippen LogP contribution >= 0.6 is 0 Å². The molecule has 0 aliphatic rings. The van der Waals surface area contributed by atoms with E-state index in [0.717, 1.165) is 5.56 Å². The first kappa shape index (κ1) is 17.7. The molecule has 0 radical (unpaired) electrons. The lowest BCUT2D eigenvalue weighted by molar-refractivity contribution is 0.310. The Morgan fingerprint density at radius 2 is 1.81 bits per heavy atom. The molecule has 0 spiro atoms. The molecule has 3 aromatic rings. The Kier molecular flexibility index (Phi) is 5.35. The number of nitriles is 1. The van der Waals surface area contributed by atoms with Gasteiger partial charge in [-0.25, -0.2) is 0 Å². The van der Waals surface area contributed by atoms with Crippen molar-refractivity contribution >= 4 is 5.88 Å². The number of rotatable bonds is 6. The van der Waals surface area contributed by atoms with Crippen molar-refractivity contribution in [2.24, 2.45) is 0 Å². The second kappa shape index (κ2) is 7.85. The third-order valence-electron chi connectivity index (χ3n) is 4.30. The molecular formula is C21H22N4O. The van der Waals surface area contributed by atoms with Crippen molar-refractivity contribution in [1.82, 2.24) is 9.88 Å². The van der Waals surface area contributed by atoms with E-state index in [-0.39, 0.29) is 11.7 Å². The average Bonchev–Trinajstić information content (AvgIpc) is 3.07.